The van der Waals surface area contributed by atoms with Crippen molar-refractivity contribution in [2.24, 2.45) is 5.73 Å². The van der Waals surface area contributed by atoms with Gasteiger partial charge in [-0.15, -0.1) is 0 Å². The largest absolute Gasteiger partial charge is 0.378 e. The maximum absolute atomic E-state index is 5.54. The van der Waals surface area contributed by atoms with Gasteiger partial charge in [0.2, 0.25) is 0 Å². The summed E-state index contributed by atoms with van der Waals surface area (Å²) in [6.07, 6.45) is 2.56. The summed E-state index contributed by atoms with van der Waals surface area (Å²) in [7, 11) is 0. The highest BCUT2D eigenvalue weighted by Crippen LogP contribution is 2.28. The summed E-state index contributed by atoms with van der Waals surface area (Å²) in [4.78, 5) is 2.51. The molecule has 2 aliphatic rings. The summed E-state index contributed by atoms with van der Waals surface area (Å²) in [6.45, 7) is 7.33. The minimum atomic E-state index is 0.608. The van der Waals surface area contributed by atoms with E-state index in [9.17, 15) is 0 Å². The fourth-order valence-electron chi connectivity index (χ4n) is 2.29. The highest BCUT2D eigenvalue weighted by atomic mass is 16.5. The molecule has 2 bridgehead atoms. The molecule has 0 radical (unpaired) electrons. The van der Waals surface area contributed by atoms with Gasteiger partial charge in [-0.2, -0.15) is 0 Å². The van der Waals surface area contributed by atoms with Gasteiger partial charge in [-0.25, -0.2) is 0 Å². The minimum absolute atomic E-state index is 0.608. The van der Waals surface area contributed by atoms with Crippen LogP contribution in [0.3, 0.4) is 0 Å². The average molecular weight is 182 g/mol. The maximum Gasteiger partial charge on any atom is 0.0622 e. The number of fused-ring (bicyclic) bond motifs is 2. The molecule has 0 aromatic carbocycles. The van der Waals surface area contributed by atoms with Crippen LogP contribution in [0.2, 0.25) is 0 Å². The van der Waals surface area contributed by atoms with Crippen LogP contribution >= 0.6 is 0 Å². The monoisotopic (exact) mass is 182 g/mol. The highest BCUT2D eigenvalue weighted by molar-refractivity contribution is 5.03. The first kappa shape index (κ1) is 9.19. The third-order valence-electron chi connectivity index (χ3n) is 3.09. The second-order valence-electron chi connectivity index (χ2n) is 4.05. The second kappa shape index (κ2) is 3.78. The number of hydrogen-bond acceptors (Lipinski definition) is 3. The Kier molecular flexibility index (Phi) is 2.67. The lowest BCUT2D eigenvalue weighted by molar-refractivity contribution is -0.00971. The van der Waals surface area contributed by atoms with Crippen molar-refractivity contribution in [3.05, 3.63) is 12.2 Å². The summed E-state index contributed by atoms with van der Waals surface area (Å²) in [5.74, 6) is 0. The maximum atomic E-state index is 5.54. The lowest BCUT2D eigenvalue weighted by Crippen LogP contribution is -2.46. The van der Waals surface area contributed by atoms with E-state index in [0.29, 0.717) is 18.6 Å². The molecular formula is C10H18N2O. The van der Waals surface area contributed by atoms with Crippen molar-refractivity contribution in [3.63, 3.8) is 0 Å². The zero-order valence-corrected chi connectivity index (χ0v) is 8.04. The highest BCUT2D eigenvalue weighted by Gasteiger charge is 2.36. The fourth-order valence-corrected chi connectivity index (χ4v) is 2.29. The predicted octanol–water partition coefficient (Wildman–Crippen LogP) is 0.365. The number of rotatable bonds is 3. The third-order valence-corrected chi connectivity index (χ3v) is 3.09. The molecular weight excluding hydrogens is 164 g/mol. The summed E-state index contributed by atoms with van der Waals surface area (Å²) >= 11 is 0. The smallest absolute Gasteiger partial charge is 0.0622 e. The number of nitrogens with zero attached hydrogens (tertiary/aromatic N) is 1. The zero-order chi connectivity index (χ0) is 9.26. The molecule has 13 heavy (non-hydrogen) atoms. The molecule has 3 nitrogen and oxygen atoms in total. The number of nitrogens with two attached hydrogens (primary N) is 1. The second-order valence-corrected chi connectivity index (χ2v) is 4.05. The van der Waals surface area contributed by atoms with E-state index >= 15 is 0 Å². The van der Waals surface area contributed by atoms with Crippen LogP contribution in [0.4, 0.5) is 0 Å². The standard InChI is InChI=1S/C10H18N2O/c1-8(4-11)5-12-9-2-3-10(12)7-13-6-9/h9-10H,1-7,11H2. The van der Waals surface area contributed by atoms with Crippen molar-refractivity contribution in [2.45, 2.75) is 24.9 Å². The van der Waals surface area contributed by atoms with Crippen molar-refractivity contribution in [1.29, 1.82) is 0 Å². The van der Waals surface area contributed by atoms with E-state index < -0.39 is 0 Å². The van der Waals surface area contributed by atoms with Gasteiger partial charge in [0, 0.05) is 25.2 Å². The Hall–Kier alpha value is -0.380. The first-order valence-corrected chi connectivity index (χ1v) is 5.01. The van der Waals surface area contributed by atoms with Gasteiger partial charge >= 0.3 is 0 Å². The van der Waals surface area contributed by atoms with Crippen LogP contribution in [-0.2, 0) is 4.74 Å². The summed E-state index contributed by atoms with van der Waals surface area (Å²) in [6, 6.07) is 1.25. The Bertz CT molecular complexity index is 189. The summed E-state index contributed by atoms with van der Waals surface area (Å²) in [5, 5.41) is 0. The predicted molar refractivity (Wildman–Crippen MR) is 52.5 cm³/mol. The number of hydrogen-bond donors (Lipinski definition) is 1. The van der Waals surface area contributed by atoms with Crippen molar-refractivity contribution in [3.8, 4) is 0 Å². The van der Waals surface area contributed by atoms with Crippen LogP contribution in [-0.4, -0.2) is 43.3 Å². The topological polar surface area (TPSA) is 38.5 Å². The van der Waals surface area contributed by atoms with E-state index in [0.717, 1.165) is 25.3 Å². The lowest BCUT2D eigenvalue weighted by atomic mass is 10.2. The molecule has 0 amide bonds. The van der Waals surface area contributed by atoms with Gasteiger partial charge in [0.1, 0.15) is 0 Å². The molecule has 2 unspecified atom stereocenters. The minimum Gasteiger partial charge on any atom is -0.378 e. The number of morpholine rings is 1. The van der Waals surface area contributed by atoms with Crippen LogP contribution in [0.25, 0.3) is 0 Å². The molecule has 2 rings (SSSR count). The van der Waals surface area contributed by atoms with Gasteiger partial charge in [-0.1, -0.05) is 6.58 Å². The SMILES string of the molecule is C=C(CN)CN1C2CCC1COC2. The van der Waals surface area contributed by atoms with Gasteiger partial charge in [-0.3, -0.25) is 4.90 Å². The van der Waals surface area contributed by atoms with Gasteiger partial charge < -0.3 is 10.5 Å². The van der Waals surface area contributed by atoms with Gasteiger partial charge in [0.25, 0.3) is 0 Å². The van der Waals surface area contributed by atoms with E-state index in [4.69, 9.17) is 10.5 Å². The Labute approximate surface area is 79.5 Å². The van der Waals surface area contributed by atoms with Crippen LogP contribution in [0.5, 0.6) is 0 Å². The molecule has 74 valence electrons. The molecule has 2 N–H and O–H groups in total. The van der Waals surface area contributed by atoms with Crippen LogP contribution in [0, 0.1) is 0 Å². The molecule has 2 atom stereocenters. The quantitative estimate of drug-likeness (QED) is 0.641. The Morgan fingerprint density at radius 3 is 2.54 bits per heavy atom. The molecule has 2 heterocycles. The molecule has 2 aliphatic heterocycles. The molecule has 0 aliphatic carbocycles. The van der Waals surface area contributed by atoms with Gasteiger partial charge in [-0.05, 0) is 18.4 Å². The molecule has 2 saturated heterocycles. The first-order valence-electron chi connectivity index (χ1n) is 5.01. The van der Waals surface area contributed by atoms with E-state index in [1.165, 1.54) is 12.8 Å². The van der Waals surface area contributed by atoms with Crippen LogP contribution in [0.15, 0.2) is 12.2 Å². The lowest BCUT2D eigenvalue weighted by Gasteiger charge is -2.34. The first-order chi connectivity index (χ1) is 6.31. The van der Waals surface area contributed by atoms with E-state index in [1.807, 2.05) is 0 Å². The Morgan fingerprint density at radius 1 is 1.38 bits per heavy atom. The molecule has 0 saturated carbocycles. The van der Waals surface area contributed by atoms with Crippen molar-refractivity contribution < 1.29 is 4.74 Å². The van der Waals surface area contributed by atoms with Crippen LogP contribution in [0.1, 0.15) is 12.8 Å². The zero-order valence-electron chi connectivity index (χ0n) is 8.04. The molecule has 0 spiro atoms. The van der Waals surface area contributed by atoms with Crippen molar-refractivity contribution >= 4 is 0 Å². The Balaban J connectivity index is 1.95. The fraction of sp³-hybridized carbons (Fsp3) is 0.800. The molecule has 2 fully saturated rings. The summed E-state index contributed by atoms with van der Waals surface area (Å²) in [5.41, 5.74) is 6.68. The number of ether oxygens (including phenoxy) is 1. The third kappa shape index (κ3) is 1.77. The summed E-state index contributed by atoms with van der Waals surface area (Å²) < 4.78 is 5.50. The van der Waals surface area contributed by atoms with E-state index in [-0.39, 0.29) is 0 Å². The van der Waals surface area contributed by atoms with Crippen molar-refractivity contribution in [2.75, 3.05) is 26.3 Å². The molecule has 0 aromatic heterocycles. The van der Waals surface area contributed by atoms with Crippen LogP contribution < -0.4 is 5.73 Å². The molecule has 0 aromatic rings. The van der Waals surface area contributed by atoms with Crippen molar-refractivity contribution in [1.82, 2.24) is 4.90 Å². The molecule has 3 heteroatoms. The van der Waals surface area contributed by atoms with E-state index in [2.05, 4.69) is 11.5 Å². The van der Waals surface area contributed by atoms with E-state index in [1.54, 1.807) is 0 Å². The average Bonchev–Trinajstić information content (AvgIpc) is 2.41. The Morgan fingerprint density at radius 2 is 2.00 bits per heavy atom. The normalized spacial score (nSPS) is 33.6. The van der Waals surface area contributed by atoms with Gasteiger partial charge in [0.15, 0.2) is 0 Å². The van der Waals surface area contributed by atoms with Gasteiger partial charge in [0.05, 0.1) is 13.2 Å².